The van der Waals surface area contributed by atoms with Crippen LogP contribution in [0.2, 0.25) is 0 Å². The molecule has 1 aromatic carbocycles. The summed E-state index contributed by atoms with van der Waals surface area (Å²) in [4.78, 5) is 0. The second-order valence-electron chi connectivity index (χ2n) is 5.26. The monoisotopic (exact) mass is 333 g/mol. The average Bonchev–Trinajstić information content (AvgIpc) is 2.34. The van der Waals surface area contributed by atoms with E-state index in [9.17, 15) is 8.78 Å². The lowest BCUT2D eigenvalue weighted by molar-refractivity contribution is -0.0161. The molecule has 0 amide bonds. The molecular weight excluding hydrogens is 316 g/mol. The molecule has 2 unspecified atom stereocenters. The van der Waals surface area contributed by atoms with Crippen molar-refractivity contribution in [3.8, 4) is 0 Å². The maximum atomic E-state index is 13.8. The van der Waals surface area contributed by atoms with Crippen molar-refractivity contribution in [2.75, 3.05) is 11.9 Å². The van der Waals surface area contributed by atoms with Gasteiger partial charge in [0.2, 0.25) is 0 Å². The molecule has 2 rings (SSSR count). The van der Waals surface area contributed by atoms with Crippen LogP contribution in [0.3, 0.4) is 0 Å². The molecule has 106 valence electrons. The van der Waals surface area contributed by atoms with E-state index in [2.05, 4.69) is 35.1 Å². The van der Waals surface area contributed by atoms with Crippen LogP contribution >= 0.6 is 15.9 Å². The van der Waals surface area contributed by atoms with E-state index in [1.807, 2.05) is 0 Å². The van der Waals surface area contributed by atoms with Crippen molar-refractivity contribution in [2.24, 2.45) is 5.92 Å². The predicted octanol–water partition coefficient (Wildman–Crippen LogP) is 4.34. The van der Waals surface area contributed by atoms with Crippen molar-refractivity contribution in [3.63, 3.8) is 0 Å². The highest BCUT2D eigenvalue weighted by Crippen LogP contribution is 2.30. The normalized spacial score (nSPS) is 23.7. The molecule has 5 heteroatoms. The van der Waals surface area contributed by atoms with E-state index in [-0.39, 0.29) is 12.1 Å². The van der Waals surface area contributed by atoms with Crippen LogP contribution in [0, 0.1) is 17.6 Å². The molecule has 19 heavy (non-hydrogen) atoms. The van der Waals surface area contributed by atoms with Crippen LogP contribution in [0.5, 0.6) is 0 Å². The molecule has 0 spiro atoms. The maximum Gasteiger partial charge on any atom is 0.150 e. The number of hydrogen-bond acceptors (Lipinski definition) is 2. The summed E-state index contributed by atoms with van der Waals surface area (Å²) in [7, 11) is 0. The van der Waals surface area contributed by atoms with Crippen LogP contribution in [-0.2, 0) is 4.74 Å². The molecule has 1 heterocycles. The third kappa shape index (κ3) is 3.66. The molecule has 1 aromatic rings. The van der Waals surface area contributed by atoms with Crippen LogP contribution in [0.1, 0.15) is 26.7 Å². The van der Waals surface area contributed by atoms with Gasteiger partial charge in [0.1, 0.15) is 11.6 Å². The minimum atomic E-state index is -0.582. The van der Waals surface area contributed by atoms with Gasteiger partial charge in [-0.25, -0.2) is 8.78 Å². The fourth-order valence-electron chi connectivity index (χ4n) is 2.31. The van der Waals surface area contributed by atoms with Crippen molar-refractivity contribution in [1.29, 1.82) is 0 Å². The van der Waals surface area contributed by atoms with Crippen LogP contribution in [0.25, 0.3) is 0 Å². The Balaban J connectivity index is 2.09. The van der Waals surface area contributed by atoms with Gasteiger partial charge in [0.15, 0.2) is 0 Å². The first-order valence-corrected chi connectivity index (χ1v) is 7.29. The first-order chi connectivity index (χ1) is 8.97. The third-order valence-electron chi connectivity index (χ3n) is 3.41. The van der Waals surface area contributed by atoms with E-state index < -0.39 is 11.6 Å². The van der Waals surface area contributed by atoms with Gasteiger partial charge in [-0.1, -0.05) is 13.8 Å². The average molecular weight is 334 g/mol. The summed E-state index contributed by atoms with van der Waals surface area (Å²) in [5.74, 6) is -0.715. The SMILES string of the molecule is CC(C)C1CC(Nc2c(F)cc(F)cc2Br)CCO1. The first-order valence-electron chi connectivity index (χ1n) is 6.50. The van der Waals surface area contributed by atoms with E-state index in [1.54, 1.807) is 0 Å². The molecule has 2 atom stereocenters. The molecule has 1 saturated heterocycles. The van der Waals surface area contributed by atoms with Crippen molar-refractivity contribution < 1.29 is 13.5 Å². The first kappa shape index (κ1) is 14.7. The number of rotatable bonds is 3. The lowest BCUT2D eigenvalue weighted by Crippen LogP contribution is -2.36. The second-order valence-corrected chi connectivity index (χ2v) is 6.12. The van der Waals surface area contributed by atoms with Gasteiger partial charge in [-0.15, -0.1) is 0 Å². The second kappa shape index (κ2) is 6.18. The Labute approximate surface area is 120 Å². The molecule has 0 radical (unpaired) electrons. The van der Waals surface area contributed by atoms with Gasteiger partial charge >= 0.3 is 0 Å². The standard InChI is InChI=1S/C14H18BrF2NO/c1-8(2)13-7-10(3-4-19-13)18-14-11(15)5-9(16)6-12(14)17/h5-6,8,10,13,18H,3-4,7H2,1-2H3. The molecule has 0 saturated carbocycles. The number of anilines is 1. The van der Waals surface area contributed by atoms with Crippen LogP contribution in [0.15, 0.2) is 16.6 Å². The minimum absolute atomic E-state index is 0.150. The van der Waals surface area contributed by atoms with Gasteiger partial charge in [0.05, 0.1) is 11.8 Å². The molecule has 1 aliphatic rings. The molecule has 2 nitrogen and oxygen atoms in total. The Morgan fingerprint density at radius 3 is 2.74 bits per heavy atom. The molecule has 0 aliphatic carbocycles. The predicted molar refractivity (Wildman–Crippen MR) is 75.3 cm³/mol. The lowest BCUT2D eigenvalue weighted by atomic mass is 9.95. The van der Waals surface area contributed by atoms with Gasteiger partial charge in [0, 0.05) is 23.2 Å². The Bertz CT molecular complexity index is 430. The topological polar surface area (TPSA) is 21.3 Å². The highest BCUT2D eigenvalue weighted by molar-refractivity contribution is 9.10. The Kier molecular flexibility index (Phi) is 4.79. The minimum Gasteiger partial charge on any atom is -0.379 e. The number of halogens is 3. The lowest BCUT2D eigenvalue weighted by Gasteiger charge is -2.33. The van der Waals surface area contributed by atoms with E-state index in [4.69, 9.17) is 4.74 Å². The Morgan fingerprint density at radius 1 is 1.37 bits per heavy atom. The fourth-order valence-corrected chi connectivity index (χ4v) is 2.83. The third-order valence-corrected chi connectivity index (χ3v) is 4.04. The van der Waals surface area contributed by atoms with E-state index in [0.29, 0.717) is 22.7 Å². The number of nitrogens with one attached hydrogen (secondary N) is 1. The highest BCUT2D eigenvalue weighted by Gasteiger charge is 2.26. The van der Waals surface area contributed by atoms with Crippen molar-refractivity contribution in [3.05, 3.63) is 28.2 Å². The van der Waals surface area contributed by atoms with Crippen LogP contribution in [-0.4, -0.2) is 18.8 Å². The van der Waals surface area contributed by atoms with Crippen molar-refractivity contribution in [2.45, 2.75) is 38.8 Å². The molecule has 1 aliphatic heterocycles. The van der Waals surface area contributed by atoms with Crippen molar-refractivity contribution in [1.82, 2.24) is 0 Å². The summed E-state index contributed by atoms with van der Waals surface area (Å²) in [5, 5.41) is 3.16. The number of benzene rings is 1. The number of hydrogen-bond donors (Lipinski definition) is 1. The van der Waals surface area contributed by atoms with Gasteiger partial charge in [-0.3, -0.25) is 0 Å². The number of ether oxygens (including phenoxy) is 1. The summed E-state index contributed by atoms with van der Waals surface area (Å²) in [6.45, 7) is 4.89. The highest BCUT2D eigenvalue weighted by atomic mass is 79.9. The molecule has 0 bridgehead atoms. The summed E-state index contributed by atoms with van der Waals surface area (Å²) < 4.78 is 32.9. The quantitative estimate of drug-likeness (QED) is 0.888. The summed E-state index contributed by atoms with van der Waals surface area (Å²) in [6.07, 6.45) is 1.85. The molecule has 1 fully saturated rings. The van der Waals surface area contributed by atoms with Gasteiger partial charge < -0.3 is 10.1 Å². The summed E-state index contributed by atoms with van der Waals surface area (Å²) in [5.41, 5.74) is 0.329. The van der Waals surface area contributed by atoms with E-state index in [0.717, 1.165) is 18.9 Å². The zero-order chi connectivity index (χ0) is 14.0. The van der Waals surface area contributed by atoms with Gasteiger partial charge in [-0.2, -0.15) is 0 Å². The zero-order valence-electron chi connectivity index (χ0n) is 11.1. The van der Waals surface area contributed by atoms with Gasteiger partial charge in [0.25, 0.3) is 0 Å². The molecular formula is C14H18BrF2NO. The fraction of sp³-hybridized carbons (Fsp3) is 0.571. The van der Waals surface area contributed by atoms with E-state index >= 15 is 0 Å². The zero-order valence-corrected chi connectivity index (χ0v) is 12.6. The van der Waals surface area contributed by atoms with Gasteiger partial charge in [-0.05, 0) is 40.8 Å². The van der Waals surface area contributed by atoms with Crippen LogP contribution in [0.4, 0.5) is 14.5 Å². The largest absolute Gasteiger partial charge is 0.379 e. The Morgan fingerprint density at radius 2 is 2.11 bits per heavy atom. The Hall–Kier alpha value is -0.680. The van der Waals surface area contributed by atoms with Crippen LogP contribution < -0.4 is 5.32 Å². The van der Waals surface area contributed by atoms with Crippen molar-refractivity contribution >= 4 is 21.6 Å². The smallest absolute Gasteiger partial charge is 0.150 e. The molecule has 1 N–H and O–H groups in total. The van der Waals surface area contributed by atoms with E-state index in [1.165, 1.54) is 6.07 Å². The maximum absolute atomic E-state index is 13.8. The molecule has 0 aromatic heterocycles. The summed E-state index contributed by atoms with van der Waals surface area (Å²) in [6, 6.07) is 2.31. The summed E-state index contributed by atoms with van der Waals surface area (Å²) >= 11 is 3.20.